The summed E-state index contributed by atoms with van der Waals surface area (Å²) in [6.07, 6.45) is 0.418. The zero-order valence-electron chi connectivity index (χ0n) is 17.0. The van der Waals surface area contributed by atoms with E-state index in [2.05, 4.69) is 10.3 Å². The maximum absolute atomic E-state index is 13.0. The molecule has 0 spiro atoms. The van der Waals surface area contributed by atoms with Crippen molar-refractivity contribution in [3.63, 3.8) is 0 Å². The highest BCUT2D eigenvalue weighted by Crippen LogP contribution is 2.32. The minimum atomic E-state index is -1.11. The van der Waals surface area contributed by atoms with E-state index in [0.29, 0.717) is 18.7 Å². The molecule has 1 heterocycles. The highest BCUT2D eigenvalue weighted by atomic mass is 32.1. The monoisotopic (exact) mass is 428 g/mol. The summed E-state index contributed by atoms with van der Waals surface area (Å²) in [7, 11) is 0. The van der Waals surface area contributed by atoms with Gasteiger partial charge in [-0.3, -0.25) is 10.1 Å². The van der Waals surface area contributed by atoms with E-state index in [-0.39, 0.29) is 0 Å². The number of para-hydroxylation sites is 1. The van der Waals surface area contributed by atoms with Gasteiger partial charge in [0.15, 0.2) is 0 Å². The van der Waals surface area contributed by atoms with Crippen molar-refractivity contribution in [3.8, 4) is 11.1 Å². The minimum Gasteiger partial charge on any atom is -0.398 e. The average molecular weight is 429 g/mol. The SMILES string of the molecule is NC(=O)C(Cc1ccccc1)(NCc1cscn1)c1cccc(-c2ccccc2N)c1. The Balaban J connectivity index is 1.80. The van der Waals surface area contributed by atoms with Gasteiger partial charge in [-0.05, 0) is 28.8 Å². The Morgan fingerprint density at radius 1 is 1.00 bits per heavy atom. The van der Waals surface area contributed by atoms with Crippen LogP contribution in [0.2, 0.25) is 0 Å². The lowest BCUT2D eigenvalue weighted by molar-refractivity contribution is -0.125. The molecule has 3 aromatic carbocycles. The van der Waals surface area contributed by atoms with Crippen LogP contribution < -0.4 is 16.8 Å². The van der Waals surface area contributed by atoms with Crippen molar-refractivity contribution in [2.45, 2.75) is 18.5 Å². The number of carbonyl (C=O) groups is 1. The molecule has 0 saturated heterocycles. The normalized spacial score (nSPS) is 12.9. The number of nitrogen functional groups attached to an aromatic ring is 1. The third-order valence-corrected chi connectivity index (χ3v) is 6.05. The number of anilines is 1. The fourth-order valence-electron chi connectivity index (χ4n) is 3.76. The molecule has 0 bridgehead atoms. The van der Waals surface area contributed by atoms with Gasteiger partial charge in [-0.25, -0.2) is 4.98 Å². The van der Waals surface area contributed by atoms with Gasteiger partial charge in [-0.15, -0.1) is 11.3 Å². The molecule has 0 aliphatic carbocycles. The summed E-state index contributed by atoms with van der Waals surface area (Å²) in [6.45, 7) is 0.428. The van der Waals surface area contributed by atoms with Crippen molar-refractivity contribution >= 4 is 22.9 Å². The Hall–Kier alpha value is -3.48. The first-order valence-corrected chi connectivity index (χ1v) is 10.9. The highest BCUT2D eigenvalue weighted by molar-refractivity contribution is 7.07. The number of hydrogen-bond acceptors (Lipinski definition) is 5. The second kappa shape index (κ2) is 9.12. The minimum absolute atomic E-state index is 0.418. The largest absolute Gasteiger partial charge is 0.398 e. The smallest absolute Gasteiger partial charge is 0.242 e. The van der Waals surface area contributed by atoms with Crippen LogP contribution >= 0.6 is 11.3 Å². The van der Waals surface area contributed by atoms with E-state index in [1.54, 1.807) is 5.51 Å². The zero-order valence-corrected chi connectivity index (χ0v) is 17.8. The number of nitrogens with two attached hydrogens (primary N) is 2. The van der Waals surface area contributed by atoms with Crippen LogP contribution in [0.1, 0.15) is 16.8 Å². The molecule has 4 aromatic rings. The number of rotatable bonds is 8. The fraction of sp³-hybridized carbons (Fsp3) is 0.120. The molecular weight excluding hydrogens is 404 g/mol. The zero-order chi connectivity index (χ0) is 21.7. The summed E-state index contributed by atoms with van der Waals surface area (Å²) in [6, 6.07) is 25.4. The number of benzene rings is 3. The lowest BCUT2D eigenvalue weighted by atomic mass is 9.81. The fourth-order valence-corrected chi connectivity index (χ4v) is 4.32. The molecule has 1 amide bonds. The van der Waals surface area contributed by atoms with Crippen LogP contribution in [0.3, 0.4) is 0 Å². The van der Waals surface area contributed by atoms with Gasteiger partial charge in [0, 0.05) is 29.6 Å². The Morgan fingerprint density at radius 3 is 2.48 bits per heavy atom. The van der Waals surface area contributed by atoms with Gasteiger partial charge in [0.05, 0.1) is 11.2 Å². The van der Waals surface area contributed by atoms with Gasteiger partial charge in [0.2, 0.25) is 5.91 Å². The third-order valence-electron chi connectivity index (χ3n) is 5.41. The lowest BCUT2D eigenvalue weighted by Gasteiger charge is -2.33. The Bertz CT molecular complexity index is 1160. The van der Waals surface area contributed by atoms with Crippen LogP contribution in [0.15, 0.2) is 89.8 Å². The van der Waals surface area contributed by atoms with E-state index < -0.39 is 11.4 Å². The molecule has 0 aliphatic heterocycles. The second-order valence-corrected chi connectivity index (χ2v) is 8.15. The number of thiazole rings is 1. The van der Waals surface area contributed by atoms with Gasteiger partial charge in [0.25, 0.3) is 0 Å². The maximum Gasteiger partial charge on any atom is 0.242 e. The number of nitrogens with one attached hydrogen (secondary N) is 1. The van der Waals surface area contributed by atoms with E-state index >= 15 is 0 Å². The standard InChI is InChI=1S/C25H24N4OS/c26-23-12-5-4-11-22(23)19-9-6-10-20(13-19)25(24(27)30,14-18-7-2-1-3-8-18)29-15-21-16-31-17-28-21/h1-13,16-17,29H,14-15,26H2,(H2,27,30). The second-order valence-electron chi connectivity index (χ2n) is 7.43. The van der Waals surface area contributed by atoms with Crippen LogP contribution in [0, 0.1) is 0 Å². The van der Waals surface area contributed by atoms with E-state index in [0.717, 1.165) is 27.9 Å². The molecule has 156 valence electrons. The van der Waals surface area contributed by atoms with Gasteiger partial charge in [-0.1, -0.05) is 66.7 Å². The van der Waals surface area contributed by atoms with Crippen molar-refractivity contribution in [1.82, 2.24) is 10.3 Å². The van der Waals surface area contributed by atoms with Crippen LogP contribution in [-0.4, -0.2) is 10.9 Å². The van der Waals surface area contributed by atoms with Gasteiger partial charge in [0.1, 0.15) is 5.54 Å². The number of primary amides is 1. The van der Waals surface area contributed by atoms with Crippen molar-refractivity contribution in [2.75, 3.05) is 5.73 Å². The lowest BCUT2D eigenvalue weighted by Crippen LogP contribution is -2.54. The van der Waals surface area contributed by atoms with Crippen LogP contribution in [0.4, 0.5) is 5.69 Å². The molecule has 5 nitrogen and oxygen atoms in total. The summed E-state index contributed by atoms with van der Waals surface area (Å²) in [5.41, 5.74) is 18.1. The van der Waals surface area contributed by atoms with E-state index in [1.807, 2.05) is 84.2 Å². The number of hydrogen-bond donors (Lipinski definition) is 3. The predicted octanol–water partition coefficient (Wildman–Crippen LogP) is 4.11. The van der Waals surface area contributed by atoms with Crippen molar-refractivity contribution in [2.24, 2.45) is 5.73 Å². The first-order chi connectivity index (χ1) is 15.1. The van der Waals surface area contributed by atoms with Crippen molar-refractivity contribution in [3.05, 3.63) is 107 Å². The topological polar surface area (TPSA) is 94.0 Å². The van der Waals surface area contributed by atoms with E-state index in [1.165, 1.54) is 11.3 Å². The Labute approximate surface area is 185 Å². The van der Waals surface area contributed by atoms with Crippen molar-refractivity contribution < 1.29 is 4.79 Å². The van der Waals surface area contributed by atoms with E-state index in [9.17, 15) is 4.79 Å². The molecule has 1 aromatic heterocycles. The van der Waals surface area contributed by atoms with Gasteiger partial charge in [-0.2, -0.15) is 0 Å². The number of aromatic nitrogens is 1. The summed E-state index contributed by atoms with van der Waals surface area (Å²) < 4.78 is 0. The molecular formula is C25H24N4OS. The van der Waals surface area contributed by atoms with Crippen LogP contribution in [-0.2, 0) is 23.3 Å². The molecule has 0 radical (unpaired) electrons. The summed E-state index contributed by atoms with van der Waals surface area (Å²) in [5.74, 6) is -0.440. The van der Waals surface area contributed by atoms with Crippen LogP contribution in [0.5, 0.6) is 0 Å². The summed E-state index contributed by atoms with van der Waals surface area (Å²) >= 11 is 1.52. The van der Waals surface area contributed by atoms with Crippen LogP contribution in [0.25, 0.3) is 11.1 Å². The molecule has 5 N–H and O–H groups in total. The molecule has 0 aliphatic rings. The summed E-state index contributed by atoms with van der Waals surface area (Å²) in [5, 5.41) is 5.39. The number of nitrogens with zero attached hydrogens (tertiary/aromatic N) is 1. The third kappa shape index (κ3) is 4.50. The molecule has 31 heavy (non-hydrogen) atoms. The Kier molecular flexibility index (Phi) is 6.11. The predicted molar refractivity (Wildman–Crippen MR) is 126 cm³/mol. The quantitative estimate of drug-likeness (QED) is 0.368. The molecule has 6 heteroatoms. The first-order valence-electron chi connectivity index (χ1n) is 10.00. The molecule has 0 fully saturated rings. The average Bonchev–Trinajstić information content (AvgIpc) is 3.31. The molecule has 1 unspecified atom stereocenters. The van der Waals surface area contributed by atoms with Crippen molar-refractivity contribution in [1.29, 1.82) is 0 Å². The maximum atomic E-state index is 13.0. The van der Waals surface area contributed by atoms with Gasteiger partial charge >= 0.3 is 0 Å². The van der Waals surface area contributed by atoms with E-state index in [4.69, 9.17) is 11.5 Å². The number of carbonyl (C=O) groups excluding carboxylic acids is 1. The van der Waals surface area contributed by atoms with Gasteiger partial charge < -0.3 is 11.5 Å². The highest BCUT2D eigenvalue weighted by Gasteiger charge is 2.38. The molecule has 4 rings (SSSR count). The number of amides is 1. The summed E-state index contributed by atoms with van der Waals surface area (Å²) in [4.78, 5) is 17.4. The first kappa shape index (κ1) is 20.8. The molecule has 1 atom stereocenters. The molecule has 0 saturated carbocycles. The Morgan fingerprint density at radius 2 is 1.77 bits per heavy atom.